The maximum atomic E-state index is 12.1. The number of carbonyl (C=O) groups excluding carboxylic acids is 1. The van der Waals surface area contributed by atoms with Gasteiger partial charge in [0.2, 0.25) is 0 Å². The minimum atomic E-state index is -0.206. The molecule has 0 bridgehead atoms. The Morgan fingerprint density at radius 2 is 1.86 bits per heavy atom. The highest BCUT2D eigenvalue weighted by atomic mass is 32.2. The second kappa shape index (κ2) is 9.18. The van der Waals surface area contributed by atoms with Crippen LogP contribution in [0.3, 0.4) is 0 Å². The fourth-order valence-corrected chi connectivity index (χ4v) is 3.19. The van der Waals surface area contributed by atoms with E-state index in [-0.39, 0.29) is 11.7 Å². The van der Waals surface area contributed by atoms with Crippen molar-refractivity contribution in [1.29, 1.82) is 0 Å². The van der Waals surface area contributed by atoms with Crippen LogP contribution >= 0.6 is 11.8 Å². The summed E-state index contributed by atoms with van der Waals surface area (Å²) in [5.74, 6) is 1.52. The topological polar surface area (TPSA) is 81.4 Å². The summed E-state index contributed by atoms with van der Waals surface area (Å²) in [5, 5.41) is 13.2. The Balaban J connectivity index is 1.56. The molecule has 1 heterocycles. The highest BCUT2D eigenvalue weighted by Gasteiger charge is 2.12. The van der Waals surface area contributed by atoms with Gasteiger partial charge in [-0.2, -0.15) is 5.10 Å². The molecule has 0 unspecified atom stereocenters. The number of hydrogen-bond acceptors (Lipinski definition) is 6. The summed E-state index contributed by atoms with van der Waals surface area (Å²) in [7, 11) is 3.50. The highest BCUT2D eigenvalue weighted by Crippen LogP contribution is 2.22. The average Bonchev–Trinajstić information content (AvgIpc) is 3.11. The molecule has 0 saturated heterocycles. The van der Waals surface area contributed by atoms with Crippen LogP contribution in [-0.4, -0.2) is 39.2 Å². The summed E-state index contributed by atoms with van der Waals surface area (Å²) in [4.78, 5) is 12.1. The van der Waals surface area contributed by atoms with Gasteiger partial charge < -0.3 is 9.30 Å². The molecule has 0 radical (unpaired) electrons. The zero-order chi connectivity index (χ0) is 19.9. The Hall–Kier alpha value is -3.13. The van der Waals surface area contributed by atoms with Crippen molar-refractivity contribution in [2.75, 3.05) is 12.9 Å². The molecule has 0 spiro atoms. The SMILES string of the molecule is COc1ccc(/C(C)=N\NC(=O)CSc2nnc(-c3ccccc3)n2C)cc1. The van der Waals surface area contributed by atoms with Gasteiger partial charge in [-0.1, -0.05) is 42.1 Å². The van der Waals surface area contributed by atoms with Gasteiger partial charge in [0.15, 0.2) is 11.0 Å². The van der Waals surface area contributed by atoms with Crippen LogP contribution in [0, 0.1) is 0 Å². The second-order valence-electron chi connectivity index (χ2n) is 5.98. The number of nitrogens with one attached hydrogen (secondary N) is 1. The number of methoxy groups -OCH3 is 1. The molecule has 0 aliphatic heterocycles. The van der Waals surface area contributed by atoms with Gasteiger partial charge in [0, 0.05) is 12.6 Å². The van der Waals surface area contributed by atoms with E-state index in [1.807, 2.05) is 73.1 Å². The maximum absolute atomic E-state index is 12.1. The number of nitrogens with zero attached hydrogens (tertiary/aromatic N) is 4. The van der Waals surface area contributed by atoms with Crippen molar-refractivity contribution in [1.82, 2.24) is 20.2 Å². The number of hydrazone groups is 1. The number of hydrogen-bond donors (Lipinski definition) is 1. The van der Waals surface area contributed by atoms with Gasteiger partial charge in [-0.05, 0) is 36.8 Å². The molecule has 2 aromatic carbocycles. The number of aromatic nitrogens is 3. The first kappa shape index (κ1) is 19.6. The zero-order valence-electron chi connectivity index (χ0n) is 15.9. The molecule has 3 aromatic rings. The molecule has 1 amide bonds. The predicted molar refractivity (Wildman–Crippen MR) is 111 cm³/mol. The van der Waals surface area contributed by atoms with Crippen molar-refractivity contribution < 1.29 is 9.53 Å². The summed E-state index contributed by atoms with van der Waals surface area (Å²) in [6, 6.07) is 17.3. The summed E-state index contributed by atoms with van der Waals surface area (Å²) in [5.41, 5.74) is 5.18. The molecular formula is C20H21N5O2S. The third-order valence-electron chi connectivity index (χ3n) is 4.06. The van der Waals surface area contributed by atoms with E-state index in [1.54, 1.807) is 7.11 Å². The zero-order valence-corrected chi connectivity index (χ0v) is 16.7. The van der Waals surface area contributed by atoms with Crippen molar-refractivity contribution >= 4 is 23.4 Å². The van der Waals surface area contributed by atoms with Crippen LogP contribution in [-0.2, 0) is 11.8 Å². The largest absolute Gasteiger partial charge is 0.497 e. The molecule has 0 aliphatic rings. The first-order chi connectivity index (χ1) is 13.6. The van der Waals surface area contributed by atoms with Crippen LogP contribution < -0.4 is 10.2 Å². The van der Waals surface area contributed by atoms with Crippen LogP contribution in [0.2, 0.25) is 0 Å². The standard InChI is InChI=1S/C20H21N5O2S/c1-14(15-9-11-17(27-3)12-10-15)21-22-18(26)13-28-20-24-23-19(25(20)2)16-7-5-4-6-8-16/h4-12H,13H2,1-3H3,(H,22,26)/b21-14-. The molecule has 28 heavy (non-hydrogen) atoms. The van der Waals surface area contributed by atoms with Crippen LogP contribution in [0.1, 0.15) is 12.5 Å². The van der Waals surface area contributed by atoms with Gasteiger partial charge in [0.1, 0.15) is 5.75 Å². The third kappa shape index (κ3) is 4.77. The molecule has 0 atom stereocenters. The fraction of sp³-hybridized carbons (Fsp3) is 0.200. The van der Waals surface area contributed by atoms with Crippen LogP contribution in [0.25, 0.3) is 11.4 Å². The van der Waals surface area contributed by atoms with Crippen molar-refractivity contribution in [3.63, 3.8) is 0 Å². The van der Waals surface area contributed by atoms with Gasteiger partial charge in [0.05, 0.1) is 18.6 Å². The Labute approximate surface area is 167 Å². The van der Waals surface area contributed by atoms with E-state index < -0.39 is 0 Å². The smallest absolute Gasteiger partial charge is 0.250 e. The lowest BCUT2D eigenvalue weighted by atomic mass is 10.1. The Kier molecular flexibility index (Phi) is 6.44. The van der Waals surface area contributed by atoms with Gasteiger partial charge in [-0.15, -0.1) is 10.2 Å². The number of rotatable bonds is 7. The maximum Gasteiger partial charge on any atom is 0.250 e. The highest BCUT2D eigenvalue weighted by molar-refractivity contribution is 7.99. The van der Waals surface area contributed by atoms with E-state index in [2.05, 4.69) is 20.7 Å². The summed E-state index contributed by atoms with van der Waals surface area (Å²) in [6.45, 7) is 1.84. The van der Waals surface area contributed by atoms with E-state index in [1.165, 1.54) is 11.8 Å². The van der Waals surface area contributed by atoms with Gasteiger partial charge in [0.25, 0.3) is 5.91 Å². The molecule has 1 aromatic heterocycles. The lowest BCUT2D eigenvalue weighted by Gasteiger charge is -2.05. The number of amides is 1. The number of thioether (sulfide) groups is 1. The minimum Gasteiger partial charge on any atom is -0.497 e. The lowest BCUT2D eigenvalue weighted by molar-refractivity contribution is -0.118. The molecule has 0 aliphatic carbocycles. The Bertz CT molecular complexity index is 968. The number of ether oxygens (including phenoxy) is 1. The molecule has 7 nitrogen and oxygen atoms in total. The van der Waals surface area contributed by atoms with Crippen molar-refractivity contribution in [3.05, 3.63) is 60.2 Å². The van der Waals surface area contributed by atoms with E-state index in [0.717, 1.165) is 22.7 Å². The van der Waals surface area contributed by atoms with E-state index in [4.69, 9.17) is 4.74 Å². The van der Waals surface area contributed by atoms with Crippen LogP contribution in [0.15, 0.2) is 64.9 Å². The normalized spacial score (nSPS) is 11.3. The van der Waals surface area contributed by atoms with Crippen LogP contribution in [0.4, 0.5) is 0 Å². The Morgan fingerprint density at radius 1 is 1.14 bits per heavy atom. The van der Waals surface area contributed by atoms with Crippen molar-refractivity contribution in [2.24, 2.45) is 12.1 Å². The molecule has 0 saturated carbocycles. The average molecular weight is 395 g/mol. The molecular weight excluding hydrogens is 374 g/mol. The van der Waals surface area contributed by atoms with E-state index in [9.17, 15) is 4.79 Å². The summed E-state index contributed by atoms with van der Waals surface area (Å²) in [6.07, 6.45) is 0. The third-order valence-corrected chi connectivity index (χ3v) is 5.08. The number of carbonyl (C=O) groups is 1. The van der Waals surface area contributed by atoms with E-state index in [0.29, 0.717) is 10.9 Å². The second-order valence-corrected chi connectivity index (χ2v) is 6.92. The van der Waals surface area contributed by atoms with Crippen LogP contribution in [0.5, 0.6) is 5.75 Å². The molecule has 144 valence electrons. The monoisotopic (exact) mass is 395 g/mol. The minimum absolute atomic E-state index is 0.195. The van der Waals surface area contributed by atoms with Gasteiger partial charge in [-0.3, -0.25) is 4.79 Å². The van der Waals surface area contributed by atoms with Gasteiger partial charge >= 0.3 is 0 Å². The van der Waals surface area contributed by atoms with E-state index >= 15 is 0 Å². The Morgan fingerprint density at radius 3 is 2.54 bits per heavy atom. The molecule has 8 heteroatoms. The first-order valence-corrected chi connectivity index (χ1v) is 9.62. The molecule has 3 rings (SSSR count). The van der Waals surface area contributed by atoms with Gasteiger partial charge in [-0.25, -0.2) is 5.43 Å². The molecule has 0 fully saturated rings. The number of benzene rings is 2. The lowest BCUT2D eigenvalue weighted by Crippen LogP contribution is -2.21. The first-order valence-electron chi connectivity index (χ1n) is 8.63. The van der Waals surface area contributed by atoms with Crippen molar-refractivity contribution in [2.45, 2.75) is 12.1 Å². The summed E-state index contributed by atoms with van der Waals surface area (Å²) < 4.78 is 7.01. The quantitative estimate of drug-likeness (QED) is 0.378. The summed E-state index contributed by atoms with van der Waals surface area (Å²) >= 11 is 1.31. The fourth-order valence-electron chi connectivity index (χ4n) is 2.48. The molecule has 1 N–H and O–H groups in total. The van der Waals surface area contributed by atoms with Crippen molar-refractivity contribution in [3.8, 4) is 17.1 Å². The predicted octanol–water partition coefficient (Wildman–Crippen LogP) is 3.12.